The van der Waals surface area contributed by atoms with Crippen molar-refractivity contribution in [2.45, 2.75) is 27.7 Å². The van der Waals surface area contributed by atoms with Crippen LogP contribution in [0.5, 0.6) is 0 Å². The zero-order chi connectivity index (χ0) is 9.56. The van der Waals surface area contributed by atoms with Crippen molar-refractivity contribution in [2.75, 3.05) is 25.4 Å². The smallest absolute Gasteiger partial charge is 0.00701 e. The number of hydrogen-bond donors (Lipinski definition) is 1. The van der Waals surface area contributed by atoms with Crippen LogP contribution >= 0.6 is 12.6 Å². The molecular formula is C10H23NS. The molecule has 0 aromatic carbocycles. The summed E-state index contributed by atoms with van der Waals surface area (Å²) in [6.07, 6.45) is 0. The van der Waals surface area contributed by atoms with Crippen molar-refractivity contribution in [1.82, 2.24) is 4.90 Å². The van der Waals surface area contributed by atoms with Crippen molar-refractivity contribution in [3.05, 3.63) is 0 Å². The van der Waals surface area contributed by atoms with E-state index in [4.69, 9.17) is 0 Å². The minimum Gasteiger partial charge on any atom is -0.302 e. The van der Waals surface area contributed by atoms with Gasteiger partial charge in [-0.2, -0.15) is 12.6 Å². The van der Waals surface area contributed by atoms with Crippen LogP contribution in [0.4, 0.5) is 0 Å². The lowest BCUT2D eigenvalue weighted by atomic mass is 10.1. The van der Waals surface area contributed by atoms with E-state index < -0.39 is 0 Å². The van der Waals surface area contributed by atoms with Crippen LogP contribution in [0, 0.1) is 11.8 Å². The SMILES string of the molecule is CC(C)CN(CCS)CC(C)C. The number of thiol groups is 1. The summed E-state index contributed by atoms with van der Waals surface area (Å²) in [5.41, 5.74) is 0. The fourth-order valence-corrected chi connectivity index (χ4v) is 1.71. The molecule has 0 aromatic rings. The van der Waals surface area contributed by atoms with Gasteiger partial charge in [0.25, 0.3) is 0 Å². The first-order valence-corrected chi connectivity index (χ1v) is 5.52. The summed E-state index contributed by atoms with van der Waals surface area (Å²) in [5, 5.41) is 0. The van der Waals surface area contributed by atoms with E-state index in [1.54, 1.807) is 0 Å². The summed E-state index contributed by atoms with van der Waals surface area (Å²) < 4.78 is 0. The first-order valence-electron chi connectivity index (χ1n) is 4.89. The van der Waals surface area contributed by atoms with E-state index in [9.17, 15) is 0 Å². The van der Waals surface area contributed by atoms with Gasteiger partial charge in [0, 0.05) is 25.4 Å². The molecule has 0 aliphatic rings. The molecule has 0 saturated carbocycles. The summed E-state index contributed by atoms with van der Waals surface area (Å²) in [4.78, 5) is 2.50. The molecule has 12 heavy (non-hydrogen) atoms. The van der Waals surface area contributed by atoms with Crippen LogP contribution in [0.25, 0.3) is 0 Å². The van der Waals surface area contributed by atoms with Gasteiger partial charge in [0.1, 0.15) is 0 Å². The Balaban J connectivity index is 3.69. The normalized spacial score (nSPS) is 12.0. The van der Waals surface area contributed by atoms with Gasteiger partial charge in [-0.25, -0.2) is 0 Å². The lowest BCUT2D eigenvalue weighted by Crippen LogP contribution is -2.32. The molecule has 0 spiro atoms. The summed E-state index contributed by atoms with van der Waals surface area (Å²) in [7, 11) is 0. The molecule has 0 aliphatic carbocycles. The van der Waals surface area contributed by atoms with E-state index in [1.165, 1.54) is 13.1 Å². The fraction of sp³-hybridized carbons (Fsp3) is 1.00. The molecule has 0 aromatic heterocycles. The van der Waals surface area contributed by atoms with Gasteiger partial charge in [0.2, 0.25) is 0 Å². The highest BCUT2D eigenvalue weighted by Crippen LogP contribution is 2.03. The molecule has 0 amide bonds. The molecule has 1 nitrogen and oxygen atoms in total. The molecule has 0 rings (SSSR count). The maximum absolute atomic E-state index is 4.26. The Hall–Kier alpha value is 0.310. The summed E-state index contributed by atoms with van der Waals surface area (Å²) in [5.74, 6) is 2.51. The average Bonchev–Trinajstić information content (AvgIpc) is 1.84. The maximum Gasteiger partial charge on any atom is 0.00701 e. The van der Waals surface area contributed by atoms with Gasteiger partial charge >= 0.3 is 0 Å². The zero-order valence-corrected chi connectivity index (χ0v) is 9.77. The minimum absolute atomic E-state index is 0.767. The minimum atomic E-state index is 0.767. The molecule has 0 unspecified atom stereocenters. The van der Waals surface area contributed by atoms with Gasteiger partial charge in [-0.15, -0.1) is 0 Å². The summed E-state index contributed by atoms with van der Waals surface area (Å²) in [6.45, 7) is 12.6. The van der Waals surface area contributed by atoms with Gasteiger partial charge in [0.15, 0.2) is 0 Å². The number of rotatable bonds is 6. The van der Waals surface area contributed by atoms with Gasteiger partial charge < -0.3 is 4.90 Å². The quantitative estimate of drug-likeness (QED) is 0.628. The number of nitrogens with zero attached hydrogens (tertiary/aromatic N) is 1. The van der Waals surface area contributed by atoms with Crippen molar-refractivity contribution in [1.29, 1.82) is 0 Å². The second-order valence-electron chi connectivity index (χ2n) is 4.27. The van der Waals surface area contributed by atoms with E-state index >= 15 is 0 Å². The van der Waals surface area contributed by atoms with Crippen LogP contribution in [0.2, 0.25) is 0 Å². The largest absolute Gasteiger partial charge is 0.302 e. The maximum atomic E-state index is 4.26. The van der Waals surface area contributed by atoms with Crippen LogP contribution in [0.15, 0.2) is 0 Å². The summed E-state index contributed by atoms with van der Waals surface area (Å²) in [6, 6.07) is 0. The van der Waals surface area contributed by atoms with E-state index in [1.807, 2.05) is 0 Å². The number of hydrogen-bond acceptors (Lipinski definition) is 2. The highest BCUT2D eigenvalue weighted by molar-refractivity contribution is 7.80. The monoisotopic (exact) mass is 189 g/mol. The third kappa shape index (κ3) is 6.99. The Bertz CT molecular complexity index is 92.0. The topological polar surface area (TPSA) is 3.24 Å². The zero-order valence-electron chi connectivity index (χ0n) is 8.88. The van der Waals surface area contributed by atoms with E-state index in [2.05, 4.69) is 45.2 Å². The van der Waals surface area contributed by atoms with E-state index in [-0.39, 0.29) is 0 Å². The lowest BCUT2D eigenvalue weighted by molar-refractivity contribution is 0.232. The first kappa shape index (κ1) is 12.3. The Morgan fingerprint density at radius 2 is 1.42 bits per heavy atom. The molecule has 0 bridgehead atoms. The predicted molar refractivity (Wildman–Crippen MR) is 60.0 cm³/mol. The highest BCUT2D eigenvalue weighted by atomic mass is 32.1. The Kier molecular flexibility index (Phi) is 6.96. The summed E-state index contributed by atoms with van der Waals surface area (Å²) >= 11 is 4.26. The molecule has 0 saturated heterocycles. The van der Waals surface area contributed by atoms with Gasteiger partial charge in [-0.3, -0.25) is 0 Å². The molecule has 0 N–H and O–H groups in total. The Labute approximate surface area is 82.9 Å². The second-order valence-corrected chi connectivity index (χ2v) is 4.72. The first-order chi connectivity index (χ1) is 5.56. The van der Waals surface area contributed by atoms with Crippen LogP contribution in [-0.4, -0.2) is 30.3 Å². The molecule has 74 valence electrons. The molecule has 0 fully saturated rings. The van der Waals surface area contributed by atoms with Gasteiger partial charge in [-0.05, 0) is 11.8 Å². The second kappa shape index (κ2) is 6.79. The fourth-order valence-electron chi connectivity index (χ4n) is 1.43. The highest BCUT2D eigenvalue weighted by Gasteiger charge is 2.07. The standard InChI is InChI=1S/C10H23NS/c1-9(2)7-11(5-6-12)8-10(3)4/h9-10,12H,5-8H2,1-4H3. The van der Waals surface area contributed by atoms with E-state index in [0.29, 0.717) is 0 Å². The third-order valence-corrected chi connectivity index (χ3v) is 1.86. The average molecular weight is 189 g/mol. The lowest BCUT2D eigenvalue weighted by Gasteiger charge is -2.25. The van der Waals surface area contributed by atoms with E-state index in [0.717, 1.165) is 24.1 Å². The third-order valence-electron chi connectivity index (χ3n) is 1.66. The van der Waals surface area contributed by atoms with Crippen LogP contribution in [0.1, 0.15) is 27.7 Å². The van der Waals surface area contributed by atoms with Crippen LogP contribution < -0.4 is 0 Å². The molecule has 0 atom stereocenters. The molecule has 0 heterocycles. The molecule has 0 aliphatic heterocycles. The van der Waals surface area contributed by atoms with Crippen LogP contribution in [-0.2, 0) is 0 Å². The van der Waals surface area contributed by atoms with Crippen molar-refractivity contribution < 1.29 is 0 Å². The van der Waals surface area contributed by atoms with Crippen molar-refractivity contribution in [3.63, 3.8) is 0 Å². The van der Waals surface area contributed by atoms with Gasteiger partial charge in [0.05, 0.1) is 0 Å². The van der Waals surface area contributed by atoms with Crippen LogP contribution in [0.3, 0.4) is 0 Å². The van der Waals surface area contributed by atoms with Gasteiger partial charge in [-0.1, -0.05) is 27.7 Å². The van der Waals surface area contributed by atoms with Crippen molar-refractivity contribution in [2.24, 2.45) is 11.8 Å². The Morgan fingerprint density at radius 3 is 1.67 bits per heavy atom. The molecule has 2 heteroatoms. The molecular weight excluding hydrogens is 166 g/mol. The molecule has 0 radical (unpaired) electrons. The van der Waals surface area contributed by atoms with Crippen molar-refractivity contribution in [3.8, 4) is 0 Å². The predicted octanol–water partition coefficient (Wildman–Crippen LogP) is 2.53. The van der Waals surface area contributed by atoms with Crippen molar-refractivity contribution >= 4 is 12.6 Å². The Morgan fingerprint density at radius 1 is 1.00 bits per heavy atom.